The van der Waals surface area contributed by atoms with E-state index in [1.54, 1.807) is 36.4 Å². The lowest BCUT2D eigenvalue weighted by atomic mass is 10.2. The second-order valence-corrected chi connectivity index (χ2v) is 4.37. The predicted molar refractivity (Wildman–Crippen MR) is 75.1 cm³/mol. The molecule has 0 unspecified atom stereocenters. The number of fused-ring (bicyclic) bond motifs is 1. The van der Waals surface area contributed by atoms with Crippen molar-refractivity contribution in [3.05, 3.63) is 42.0 Å². The van der Waals surface area contributed by atoms with E-state index in [1.807, 2.05) is 0 Å². The lowest BCUT2D eigenvalue weighted by Crippen LogP contribution is -1.86. The van der Waals surface area contributed by atoms with Crippen molar-refractivity contribution in [2.24, 2.45) is 0 Å². The average molecular weight is 268 g/mol. The molecule has 0 saturated carbocycles. The highest BCUT2D eigenvalue weighted by Gasteiger charge is 2.09. The summed E-state index contributed by atoms with van der Waals surface area (Å²) < 4.78 is 5.08. The molecular weight excluding hydrogens is 256 g/mol. The third kappa shape index (κ3) is 1.99. The molecule has 0 aliphatic carbocycles. The Morgan fingerprint density at radius 2 is 2.10 bits per heavy atom. The Hall–Kier alpha value is -2.82. The Balaban J connectivity index is 2.12. The number of carbonyl (C=O) groups is 1. The molecule has 3 rings (SSSR count). The quantitative estimate of drug-likeness (QED) is 0.716. The SMILES string of the molecule is COc1cc(-c2nc3ccc(C=O)cc3[nH]2)ccc1O. The standard InChI is InChI=1S/C15H12N2O3/c1-20-14-7-10(3-5-13(14)19)15-16-11-4-2-9(8-18)6-12(11)17-15/h2-8,19H,1H3,(H,16,17). The van der Waals surface area contributed by atoms with Gasteiger partial charge in [-0.2, -0.15) is 0 Å². The summed E-state index contributed by atoms with van der Waals surface area (Å²) >= 11 is 0. The van der Waals surface area contributed by atoms with Gasteiger partial charge in [0.15, 0.2) is 11.5 Å². The summed E-state index contributed by atoms with van der Waals surface area (Å²) in [4.78, 5) is 18.4. The van der Waals surface area contributed by atoms with Gasteiger partial charge in [0, 0.05) is 11.1 Å². The van der Waals surface area contributed by atoms with Gasteiger partial charge in [-0.1, -0.05) is 0 Å². The van der Waals surface area contributed by atoms with E-state index in [1.165, 1.54) is 7.11 Å². The summed E-state index contributed by atoms with van der Waals surface area (Å²) in [6.07, 6.45) is 0.795. The first-order chi connectivity index (χ1) is 9.71. The number of ether oxygens (including phenoxy) is 1. The van der Waals surface area contributed by atoms with Crippen LogP contribution in [-0.4, -0.2) is 28.5 Å². The van der Waals surface area contributed by atoms with Crippen molar-refractivity contribution in [1.82, 2.24) is 9.97 Å². The summed E-state index contributed by atoms with van der Waals surface area (Å²) in [6.45, 7) is 0. The molecule has 5 heteroatoms. The second kappa shape index (κ2) is 4.70. The molecule has 20 heavy (non-hydrogen) atoms. The number of H-pyrrole nitrogens is 1. The lowest BCUT2D eigenvalue weighted by Gasteiger charge is -2.04. The minimum absolute atomic E-state index is 0.0793. The van der Waals surface area contributed by atoms with Crippen molar-refractivity contribution in [2.75, 3.05) is 7.11 Å². The molecule has 2 aromatic carbocycles. The van der Waals surface area contributed by atoms with Crippen LogP contribution in [-0.2, 0) is 0 Å². The van der Waals surface area contributed by atoms with Gasteiger partial charge in [0.2, 0.25) is 0 Å². The minimum atomic E-state index is 0.0793. The van der Waals surface area contributed by atoms with Gasteiger partial charge in [0.1, 0.15) is 12.1 Å². The molecule has 0 aliphatic rings. The Labute approximate surface area is 114 Å². The number of aldehydes is 1. The van der Waals surface area contributed by atoms with Gasteiger partial charge in [-0.3, -0.25) is 4.79 Å². The molecule has 2 N–H and O–H groups in total. The van der Waals surface area contributed by atoms with Crippen molar-refractivity contribution < 1.29 is 14.6 Å². The van der Waals surface area contributed by atoms with Crippen LogP contribution in [0.15, 0.2) is 36.4 Å². The number of nitrogens with one attached hydrogen (secondary N) is 1. The van der Waals surface area contributed by atoms with Crippen LogP contribution in [0.2, 0.25) is 0 Å². The fourth-order valence-corrected chi connectivity index (χ4v) is 2.06. The van der Waals surface area contributed by atoms with Gasteiger partial charge in [0.25, 0.3) is 0 Å². The molecule has 100 valence electrons. The zero-order valence-electron chi connectivity index (χ0n) is 10.8. The van der Waals surface area contributed by atoms with Crippen LogP contribution in [0.5, 0.6) is 11.5 Å². The van der Waals surface area contributed by atoms with Gasteiger partial charge in [-0.05, 0) is 36.4 Å². The minimum Gasteiger partial charge on any atom is -0.504 e. The molecule has 0 amide bonds. The number of phenolic OH excluding ortho intramolecular Hbond substituents is 1. The smallest absolute Gasteiger partial charge is 0.161 e. The van der Waals surface area contributed by atoms with E-state index in [0.29, 0.717) is 17.1 Å². The van der Waals surface area contributed by atoms with Gasteiger partial charge in [-0.15, -0.1) is 0 Å². The van der Waals surface area contributed by atoms with Crippen molar-refractivity contribution in [2.45, 2.75) is 0 Å². The molecule has 0 saturated heterocycles. The average Bonchev–Trinajstić information content (AvgIpc) is 2.90. The molecule has 0 fully saturated rings. The van der Waals surface area contributed by atoms with Crippen LogP contribution in [0, 0.1) is 0 Å². The molecule has 0 aliphatic heterocycles. The summed E-state index contributed by atoms with van der Waals surface area (Å²) in [5.74, 6) is 1.12. The first-order valence-electron chi connectivity index (χ1n) is 6.03. The Kier molecular flexibility index (Phi) is 2.87. The molecule has 1 heterocycles. The van der Waals surface area contributed by atoms with Crippen LogP contribution in [0.3, 0.4) is 0 Å². The molecule has 0 radical (unpaired) electrons. The lowest BCUT2D eigenvalue weighted by molar-refractivity contribution is 0.112. The normalized spacial score (nSPS) is 10.7. The number of benzene rings is 2. The van der Waals surface area contributed by atoms with Gasteiger partial charge in [-0.25, -0.2) is 4.98 Å². The molecule has 0 spiro atoms. The number of phenols is 1. The van der Waals surface area contributed by atoms with Crippen molar-refractivity contribution in [3.8, 4) is 22.9 Å². The van der Waals surface area contributed by atoms with E-state index >= 15 is 0 Å². The largest absolute Gasteiger partial charge is 0.504 e. The highest BCUT2D eigenvalue weighted by molar-refractivity contribution is 5.86. The van der Waals surface area contributed by atoms with E-state index in [-0.39, 0.29) is 5.75 Å². The summed E-state index contributed by atoms with van der Waals surface area (Å²) in [5, 5.41) is 9.60. The fourth-order valence-electron chi connectivity index (χ4n) is 2.06. The third-order valence-corrected chi connectivity index (χ3v) is 3.10. The Morgan fingerprint density at radius 3 is 2.85 bits per heavy atom. The Morgan fingerprint density at radius 1 is 1.25 bits per heavy atom. The Bertz CT molecular complexity index is 793. The number of nitrogens with zero attached hydrogens (tertiary/aromatic N) is 1. The zero-order valence-corrected chi connectivity index (χ0v) is 10.8. The molecule has 3 aromatic rings. The van der Waals surface area contributed by atoms with E-state index in [0.717, 1.165) is 22.9 Å². The zero-order chi connectivity index (χ0) is 14.1. The number of aromatic hydroxyl groups is 1. The van der Waals surface area contributed by atoms with Crippen LogP contribution >= 0.6 is 0 Å². The van der Waals surface area contributed by atoms with Crippen LogP contribution in [0.25, 0.3) is 22.4 Å². The fraction of sp³-hybridized carbons (Fsp3) is 0.0667. The number of hydrogen-bond acceptors (Lipinski definition) is 4. The molecule has 0 atom stereocenters. The predicted octanol–water partition coefficient (Wildman–Crippen LogP) is 2.76. The first kappa shape index (κ1) is 12.2. The second-order valence-electron chi connectivity index (χ2n) is 4.37. The van der Waals surface area contributed by atoms with Crippen LogP contribution < -0.4 is 4.74 Å². The number of aromatic amines is 1. The molecule has 1 aromatic heterocycles. The number of imidazole rings is 1. The maximum absolute atomic E-state index is 10.8. The molecule has 0 bridgehead atoms. The number of carbonyl (C=O) groups excluding carboxylic acids is 1. The van der Waals surface area contributed by atoms with Gasteiger partial charge < -0.3 is 14.8 Å². The van der Waals surface area contributed by atoms with Crippen molar-refractivity contribution in [3.63, 3.8) is 0 Å². The summed E-state index contributed by atoms with van der Waals surface area (Å²) in [5.41, 5.74) is 2.95. The first-order valence-corrected chi connectivity index (χ1v) is 6.03. The maximum atomic E-state index is 10.8. The van der Waals surface area contributed by atoms with Crippen molar-refractivity contribution >= 4 is 17.3 Å². The summed E-state index contributed by atoms with van der Waals surface area (Å²) in [7, 11) is 1.49. The highest BCUT2D eigenvalue weighted by atomic mass is 16.5. The van der Waals surface area contributed by atoms with Crippen LogP contribution in [0.4, 0.5) is 0 Å². The number of hydrogen-bond donors (Lipinski definition) is 2. The van der Waals surface area contributed by atoms with E-state index < -0.39 is 0 Å². The van der Waals surface area contributed by atoms with E-state index in [9.17, 15) is 9.90 Å². The monoisotopic (exact) mass is 268 g/mol. The van der Waals surface area contributed by atoms with E-state index in [2.05, 4.69) is 9.97 Å². The molecule has 5 nitrogen and oxygen atoms in total. The number of methoxy groups -OCH3 is 1. The van der Waals surface area contributed by atoms with Gasteiger partial charge >= 0.3 is 0 Å². The third-order valence-electron chi connectivity index (χ3n) is 3.10. The number of rotatable bonds is 3. The van der Waals surface area contributed by atoms with Crippen molar-refractivity contribution in [1.29, 1.82) is 0 Å². The maximum Gasteiger partial charge on any atom is 0.161 e. The van der Waals surface area contributed by atoms with Crippen LogP contribution in [0.1, 0.15) is 10.4 Å². The highest BCUT2D eigenvalue weighted by Crippen LogP contribution is 2.31. The molecular formula is C15H12N2O3. The summed E-state index contributed by atoms with van der Waals surface area (Å²) in [6, 6.07) is 10.3. The van der Waals surface area contributed by atoms with E-state index in [4.69, 9.17) is 4.74 Å². The topological polar surface area (TPSA) is 75.2 Å². The van der Waals surface area contributed by atoms with Gasteiger partial charge in [0.05, 0.1) is 18.1 Å². The number of aromatic nitrogens is 2.